The molecule has 182 valence electrons. The Hall–Kier alpha value is -2.76. The number of fused-ring (bicyclic) bond motifs is 3. The van der Waals surface area contributed by atoms with Gasteiger partial charge in [0.2, 0.25) is 0 Å². The predicted molar refractivity (Wildman–Crippen MR) is 129 cm³/mol. The zero-order valence-corrected chi connectivity index (χ0v) is 20.7. The van der Waals surface area contributed by atoms with Gasteiger partial charge in [0.1, 0.15) is 22.0 Å². The van der Waals surface area contributed by atoms with E-state index >= 15 is 0 Å². The standard InChI is InChI=1S/C23H30N6O4S/c1-5-7-17-19-20(29(4)27-17)22(30)26-21(25-19)16-10-15(8-9-18(16)33-6-2)34(31,32)23-11-14(12-24-23)28(3)13-23/h8-10,14,24H,5-7,11-13H2,1-4H3,(H,25,26,30)/t14-,23-/m1/s1. The summed E-state index contributed by atoms with van der Waals surface area (Å²) < 4.78 is 34.9. The largest absolute Gasteiger partial charge is 0.493 e. The first-order chi connectivity index (χ1) is 16.2. The van der Waals surface area contributed by atoms with Crippen molar-refractivity contribution >= 4 is 20.9 Å². The lowest BCUT2D eigenvalue weighted by molar-refractivity contribution is 0.264. The van der Waals surface area contributed by atoms with Crippen LogP contribution in [-0.4, -0.2) is 70.7 Å². The van der Waals surface area contributed by atoms with Crippen molar-refractivity contribution in [2.24, 2.45) is 7.05 Å². The smallest absolute Gasteiger partial charge is 0.277 e. The molecule has 5 rings (SSSR count). The molecular formula is C23H30N6O4S. The van der Waals surface area contributed by atoms with Crippen LogP contribution in [0, 0.1) is 0 Å². The molecule has 4 heterocycles. The van der Waals surface area contributed by atoms with Gasteiger partial charge in [0, 0.05) is 26.2 Å². The van der Waals surface area contributed by atoms with E-state index in [2.05, 4.69) is 20.3 Å². The van der Waals surface area contributed by atoms with Crippen molar-refractivity contribution in [1.29, 1.82) is 0 Å². The second kappa shape index (κ2) is 8.17. The Bertz CT molecular complexity index is 1430. The molecule has 11 heteroatoms. The highest BCUT2D eigenvalue weighted by atomic mass is 32.2. The molecule has 0 spiro atoms. The zero-order valence-electron chi connectivity index (χ0n) is 19.9. The quantitative estimate of drug-likeness (QED) is 0.515. The highest BCUT2D eigenvalue weighted by molar-refractivity contribution is 7.92. The van der Waals surface area contributed by atoms with E-state index in [4.69, 9.17) is 9.72 Å². The summed E-state index contributed by atoms with van der Waals surface area (Å²) in [6.07, 6.45) is 2.09. The summed E-state index contributed by atoms with van der Waals surface area (Å²) in [7, 11) is -0.0384. The first kappa shape index (κ1) is 23.0. The lowest BCUT2D eigenvalue weighted by Gasteiger charge is -2.31. The van der Waals surface area contributed by atoms with E-state index < -0.39 is 14.7 Å². The van der Waals surface area contributed by atoms with E-state index in [1.807, 2.05) is 20.9 Å². The molecular weight excluding hydrogens is 456 g/mol. The molecule has 2 aliphatic rings. The van der Waals surface area contributed by atoms with Gasteiger partial charge in [0.15, 0.2) is 15.4 Å². The Morgan fingerprint density at radius 2 is 2.06 bits per heavy atom. The normalized spacial score (nSPS) is 22.6. The molecule has 2 bridgehead atoms. The fraction of sp³-hybridized carbons (Fsp3) is 0.522. The van der Waals surface area contributed by atoms with Gasteiger partial charge in [-0.2, -0.15) is 5.10 Å². The second-order valence-corrected chi connectivity index (χ2v) is 11.4. The van der Waals surface area contributed by atoms with Crippen LogP contribution in [-0.2, 0) is 23.3 Å². The van der Waals surface area contributed by atoms with Crippen molar-refractivity contribution in [3.05, 3.63) is 34.2 Å². The maximum absolute atomic E-state index is 13.8. The van der Waals surface area contributed by atoms with Gasteiger partial charge >= 0.3 is 0 Å². The summed E-state index contributed by atoms with van der Waals surface area (Å²) in [5, 5.41) is 7.72. The van der Waals surface area contributed by atoms with Gasteiger partial charge in [0.25, 0.3) is 5.56 Å². The number of likely N-dealkylation sites (N-methyl/N-ethyl adjacent to an activating group) is 1. The molecule has 34 heavy (non-hydrogen) atoms. The van der Waals surface area contributed by atoms with Gasteiger partial charge in [0.05, 0.1) is 22.8 Å². The van der Waals surface area contributed by atoms with Crippen molar-refractivity contribution in [2.75, 3.05) is 26.7 Å². The van der Waals surface area contributed by atoms with Crippen LogP contribution in [0.1, 0.15) is 32.4 Å². The summed E-state index contributed by atoms with van der Waals surface area (Å²) in [5.41, 5.74) is 1.76. The average molecular weight is 487 g/mol. The SMILES string of the molecule is CCCc1nn(C)c2c(=O)[nH]c(-c3cc(S(=O)(=O)[C@@]45C[C@H](CN4)N(C)C5)ccc3OCC)nc12. The molecule has 2 N–H and O–H groups in total. The predicted octanol–water partition coefficient (Wildman–Crippen LogP) is 1.45. The fourth-order valence-electron chi connectivity index (χ4n) is 5.23. The topological polar surface area (TPSA) is 122 Å². The van der Waals surface area contributed by atoms with Gasteiger partial charge in [-0.25, -0.2) is 13.4 Å². The van der Waals surface area contributed by atoms with Crippen molar-refractivity contribution in [3.8, 4) is 17.1 Å². The number of benzene rings is 1. The first-order valence-electron chi connectivity index (χ1n) is 11.6. The molecule has 2 atom stereocenters. The maximum atomic E-state index is 13.8. The lowest BCUT2D eigenvalue weighted by Crippen LogP contribution is -2.54. The van der Waals surface area contributed by atoms with Crippen LogP contribution in [0.4, 0.5) is 0 Å². The van der Waals surface area contributed by atoms with Crippen LogP contribution in [0.25, 0.3) is 22.4 Å². The van der Waals surface area contributed by atoms with Gasteiger partial charge in [-0.1, -0.05) is 13.3 Å². The number of ether oxygens (including phenoxy) is 1. The molecule has 2 aliphatic heterocycles. The minimum Gasteiger partial charge on any atom is -0.493 e. The number of nitrogens with one attached hydrogen (secondary N) is 2. The van der Waals surface area contributed by atoms with Crippen molar-refractivity contribution in [2.45, 2.75) is 48.9 Å². The molecule has 2 fully saturated rings. The summed E-state index contributed by atoms with van der Waals surface area (Å²) in [4.78, 5) is 21.8. The highest BCUT2D eigenvalue weighted by Crippen LogP contribution is 2.41. The first-order valence-corrected chi connectivity index (χ1v) is 13.1. The molecule has 2 aromatic heterocycles. The van der Waals surface area contributed by atoms with E-state index in [0.29, 0.717) is 54.9 Å². The Kier molecular flexibility index (Phi) is 5.53. The van der Waals surface area contributed by atoms with E-state index in [0.717, 1.165) is 12.1 Å². The second-order valence-electron chi connectivity index (χ2n) is 9.17. The monoisotopic (exact) mass is 486 g/mol. The van der Waals surface area contributed by atoms with E-state index in [1.54, 1.807) is 25.2 Å². The van der Waals surface area contributed by atoms with Crippen molar-refractivity contribution in [1.82, 2.24) is 30.0 Å². The Labute approximate surface area is 198 Å². The van der Waals surface area contributed by atoms with Crippen LogP contribution in [0.3, 0.4) is 0 Å². The molecule has 3 aromatic rings. The van der Waals surface area contributed by atoms with Gasteiger partial charge in [-0.15, -0.1) is 0 Å². The molecule has 0 amide bonds. The molecule has 0 radical (unpaired) electrons. The number of nitrogens with zero attached hydrogens (tertiary/aromatic N) is 4. The highest BCUT2D eigenvalue weighted by Gasteiger charge is 2.56. The van der Waals surface area contributed by atoms with Gasteiger partial charge in [-0.3, -0.25) is 19.7 Å². The molecule has 0 unspecified atom stereocenters. The third-order valence-electron chi connectivity index (χ3n) is 6.93. The fourth-order valence-corrected chi connectivity index (χ4v) is 7.26. The van der Waals surface area contributed by atoms with Crippen molar-refractivity contribution < 1.29 is 13.2 Å². The summed E-state index contributed by atoms with van der Waals surface area (Å²) in [5.74, 6) is 0.727. The Balaban J connectivity index is 1.67. The van der Waals surface area contributed by atoms with Gasteiger partial charge in [-0.05, 0) is 45.0 Å². The number of aromatic nitrogens is 4. The van der Waals surface area contributed by atoms with E-state index in [-0.39, 0.29) is 22.3 Å². The van der Waals surface area contributed by atoms with Crippen LogP contribution in [0.2, 0.25) is 0 Å². The van der Waals surface area contributed by atoms with E-state index in [9.17, 15) is 13.2 Å². The molecule has 0 saturated carbocycles. The van der Waals surface area contributed by atoms with Gasteiger partial charge < -0.3 is 9.72 Å². The number of hydrogen-bond donors (Lipinski definition) is 2. The minimum atomic E-state index is -3.71. The van der Waals surface area contributed by atoms with Crippen molar-refractivity contribution in [3.63, 3.8) is 0 Å². The summed E-state index contributed by atoms with van der Waals surface area (Å²) in [6, 6.07) is 5.01. The maximum Gasteiger partial charge on any atom is 0.277 e. The number of rotatable bonds is 7. The third kappa shape index (κ3) is 3.37. The number of likely N-dealkylation sites (tertiary alicyclic amines) is 1. The number of piperazine rings is 1. The van der Waals surface area contributed by atoms with E-state index in [1.165, 1.54) is 4.68 Å². The number of H-pyrrole nitrogens is 1. The number of aryl methyl sites for hydroxylation is 2. The number of sulfone groups is 1. The van der Waals surface area contributed by atoms with Crippen LogP contribution >= 0.6 is 0 Å². The minimum absolute atomic E-state index is 0.178. The molecule has 2 saturated heterocycles. The zero-order chi connectivity index (χ0) is 24.3. The molecule has 1 aromatic carbocycles. The van der Waals surface area contributed by atoms with Crippen LogP contribution in [0.15, 0.2) is 27.9 Å². The van der Waals surface area contributed by atoms with Crippen LogP contribution in [0.5, 0.6) is 5.75 Å². The summed E-state index contributed by atoms with van der Waals surface area (Å²) in [6.45, 7) is 5.35. The lowest BCUT2D eigenvalue weighted by atomic mass is 10.1. The summed E-state index contributed by atoms with van der Waals surface area (Å²) >= 11 is 0. The molecule has 10 nitrogen and oxygen atoms in total. The Morgan fingerprint density at radius 3 is 2.71 bits per heavy atom. The molecule has 0 aliphatic carbocycles. The van der Waals surface area contributed by atoms with Crippen LogP contribution < -0.4 is 15.6 Å². The third-order valence-corrected chi connectivity index (χ3v) is 9.28. The average Bonchev–Trinajstić information content (AvgIpc) is 3.47. The number of aromatic amines is 1. The number of hydrogen-bond acceptors (Lipinski definition) is 8. The Morgan fingerprint density at radius 1 is 1.26 bits per heavy atom.